The van der Waals surface area contributed by atoms with Crippen molar-refractivity contribution < 1.29 is 27.9 Å². The molecule has 28 heavy (non-hydrogen) atoms. The molecule has 0 aliphatic heterocycles. The summed E-state index contributed by atoms with van der Waals surface area (Å²) in [5.41, 5.74) is 1.11. The van der Waals surface area contributed by atoms with Crippen LogP contribution < -0.4 is 4.72 Å². The van der Waals surface area contributed by atoms with Crippen LogP contribution in [0.3, 0.4) is 0 Å². The predicted octanol–water partition coefficient (Wildman–Crippen LogP) is 0.889. The van der Waals surface area contributed by atoms with Crippen molar-refractivity contribution in [2.24, 2.45) is 0 Å². The van der Waals surface area contributed by atoms with Crippen LogP contribution in [-0.4, -0.2) is 53.3 Å². The molecule has 0 amide bonds. The van der Waals surface area contributed by atoms with Gasteiger partial charge >= 0.3 is 11.9 Å². The molecule has 9 nitrogen and oxygen atoms in total. The molecule has 2 aromatic rings. The number of imidazole rings is 1. The van der Waals surface area contributed by atoms with Crippen molar-refractivity contribution in [1.82, 2.24) is 14.7 Å². The van der Waals surface area contributed by atoms with Crippen molar-refractivity contribution >= 4 is 22.0 Å². The lowest BCUT2D eigenvalue weighted by molar-refractivity contribution is -0.143. The van der Waals surface area contributed by atoms with E-state index in [-0.39, 0.29) is 25.9 Å². The fraction of sp³-hybridized carbons (Fsp3) is 0.389. The van der Waals surface area contributed by atoms with Gasteiger partial charge in [0.1, 0.15) is 6.04 Å². The molecular weight excluding hydrogens is 386 g/mol. The number of nitrogens with one attached hydrogen (secondary N) is 2. The lowest BCUT2D eigenvalue weighted by Crippen LogP contribution is -2.47. The number of hydrogen-bond acceptors (Lipinski definition) is 6. The zero-order valence-electron chi connectivity index (χ0n) is 15.4. The highest BCUT2D eigenvalue weighted by molar-refractivity contribution is 7.90. The Morgan fingerprint density at radius 3 is 2.54 bits per heavy atom. The molecule has 0 radical (unpaired) electrons. The summed E-state index contributed by atoms with van der Waals surface area (Å²) in [6.07, 6.45) is 2.40. The van der Waals surface area contributed by atoms with Crippen molar-refractivity contribution in [3.8, 4) is 0 Å². The van der Waals surface area contributed by atoms with E-state index in [9.17, 15) is 23.1 Å². The van der Waals surface area contributed by atoms with Crippen LogP contribution >= 0.6 is 0 Å². The number of aliphatic carboxylic acids is 1. The number of carbonyl (C=O) groups is 2. The van der Waals surface area contributed by atoms with Crippen LogP contribution in [-0.2, 0) is 37.2 Å². The number of sulfonamides is 1. The van der Waals surface area contributed by atoms with E-state index in [2.05, 4.69) is 14.7 Å². The van der Waals surface area contributed by atoms with Gasteiger partial charge < -0.3 is 14.8 Å². The number of esters is 1. The summed E-state index contributed by atoms with van der Waals surface area (Å²) in [6.45, 7) is 1.75. The number of carboxylic acids is 1. The Labute approximate surface area is 163 Å². The molecule has 10 heteroatoms. The fourth-order valence-electron chi connectivity index (χ4n) is 2.66. The fourth-order valence-corrected chi connectivity index (χ4v) is 4.20. The van der Waals surface area contributed by atoms with E-state index in [1.807, 2.05) is 0 Å². The maximum atomic E-state index is 12.9. The number of rotatable bonds is 11. The van der Waals surface area contributed by atoms with Crippen molar-refractivity contribution in [2.45, 2.75) is 37.5 Å². The third-order valence-electron chi connectivity index (χ3n) is 4.02. The lowest BCUT2D eigenvalue weighted by Gasteiger charge is -2.21. The van der Waals surface area contributed by atoms with Crippen molar-refractivity contribution in [1.29, 1.82) is 0 Å². The Hall–Kier alpha value is -2.72. The highest BCUT2D eigenvalue weighted by Crippen LogP contribution is 2.15. The van der Waals surface area contributed by atoms with Gasteiger partial charge in [-0.1, -0.05) is 30.3 Å². The maximum absolute atomic E-state index is 12.9. The summed E-state index contributed by atoms with van der Waals surface area (Å²) in [5, 5.41) is 8.25. The second kappa shape index (κ2) is 10.00. The Kier molecular flexibility index (Phi) is 7.70. The van der Waals surface area contributed by atoms with E-state index >= 15 is 0 Å². The molecule has 1 unspecified atom stereocenters. The largest absolute Gasteiger partial charge is 0.480 e. The molecule has 0 fully saturated rings. The lowest BCUT2D eigenvalue weighted by atomic mass is 10.1. The van der Waals surface area contributed by atoms with Crippen LogP contribution in [0, 0.1) is 0 Å². The highest BCUT2D eigenvalue weighted by atomic mass is 32.2. The molecule has 0 aliphatic rings. The van der Waals surface area contributed by atoms with Crippen LogP contribution in [0.4, 0.5) is 0 Å². The number of benzene rings is 1. The van der Waals surface area contributed by atoms with Gasteiger partial charge in [-0.05, 0) is 18.9 Å². The number of nitrogens with zero attached hydrogens (tertiary/aromatic N) is 1. The summed E-state index contributed by atoms with van der Waals surface area (Å²) >= 11 is 0. The molecule has 0 spiro atoms. The first-order valence-electron chi connectivity index (χ1n) is 8.73. The molecule has 0 saturated carbocycles. The second-order valence-corrected chi connectivity index (χ2v) is 8.13. The van der Waals surface area contributed by atoms with Crippen LogP contribution in [0.1, 0.15) is 24.6 Å². The number of ether oxygens (including phenoxy) is 1. The highest BCUT2D eigenvalue weighted by Gasteiger charge is 2.33. The first kappa shape index (κ1) is 21.6. The number of aromatic nitrogens is 2. The number of hydrogen-bond donors (Lipinski definition) is 3. The zero-order chi connectivity index (χ0) is 20.6. The number of carboxylic acid groups (broad SMARTS) is 1. The standard InChI is InChI=1S/C18H23N3O6S/c1-2-27-17(22)10-15(8-13-6-4-3-5-7-13)28(25,26)21-16(18(23)24)9-14-11-19-12-20-14/h3-7,11-12,15-16,21H,2,8-10H2,1H3,(H,19,20)(H,23,24)/t15?,16-/m0/s1. The topological polar surface area (TPSA) is 138 Å². The maximum Gasteiger partial charge on any atom is 0.322 e. The van der Waals surface area contributed by atoms with Crippen LogP contribution in [0.25, 0.3) is 0 Å². The van der Waals surface area contributed by atoms with Gasteiger partial charge in [0.25, 0.3) is 0 Å². The molecule has 0 bridgehead atoms. The predicted molar refractivity (Wildman–Crippen MR) is 101 cm³/mol. The summed E-state index contributed by atoms with van der Waals surface area (Å²) in [7, 11) is -4.15. The van der Waals surface area contributed by atoms with Gasteiger partial charge in [-0.3, -0.25) is 9.59 Å². The van der Waals surface area contributed by atoms with Crippen LogP contribution in [0.15, 0.2) is 42.9 Å². The minimum absolute atomic E-state index is 0.0454. The Morgan fingerprint density at radius 1 is 1.25 bits per heavy atom. The molecule has 152 valence electrons. The molecule has 1 aromatic heterocycles. The first-order valence-corrected chi connectivity index (χ1v) is 10.3. The summed E-state index contributed by atoms with van der Waals surface area (Å²) < 4.78 is 32.9. The van der Waals surface area contributed by atoms with E-state index in [0.29, 0.717) is 11.3 Å². The quantitative estimate of drug-likeness (QED) is 0.468. The number of aromatic amines is 1. The van der Waals surface area contributed by atoms with Gasteiger partial charge in [-0.2, -0.15) is 0 Å². The summed E-state index contributed by atoms with van der Waals surface area (Å²) in [5.74, 6) is -1.99. The summed E-state index contributed by atoms with van der Waals surface area (Å²) in [4.78, 5) is 30.1. The van der Waals surface area contributed by atoms with E-state index < -0.39 is 33.3 Å². The van der Waals surface area contributed by atoms with Gasteiger partial charge in [0.15, 0.2) is 0 Å². The third kappa shape index (κ3) is 6.46. The van der Waals surface area contributed by atoms with Gasteiger partial charge in [0, 0.05) is 12.6 Å². The molecule has 1 heterocycles. The molecule has 0 saturated heterocycles. The van der Waals surface area contributed by atoms with E-state index in [4.69, 9.17) is 4.74 Å². The van der Waals surface area contributed by atoms with Crippen molar-refractivity contribution in [3.63, 3.8) is 0 Å². The summed E-state index contributed by atoms with van der Waals surface area (Å²) in [6, 6.07) is 7.39. The Morgan fingerprint density at radius 2 is 1.96 bits per heavy atom. The minimum atomic E-state index is -4.15. The molecule has 2 rings (SSSR count). The molecule has 1 aromatic carbocycles. The van der Waals surface area contributed by atoms with Gasteiger partial charge in [-0.25, -0.2) is 18.1 Å². The van der Waals surface area contributed by atoms with Crippen LogP contribution in [0.5, 0.6) is 0 Å². The number of carbonyl (C=O) groups excluding carboxylic acids is 1. The van der Waals surface area contributed by atoms with Crippen molar-refractivity contribution in [3.05, 3.63) is 54.1 Å². The van der Waals surface area contributed by atoms with Crippen molar-refractivity contribution in [2.75, 3.05) is 6.61 Å². The molecule has 0 aliphatic carbocycles. The Balaban J connectivity index is 2.21. The first-order chi connectivity index (χ1) is 13.3. The van der Waals surface area contributed by atoms with E-state index in [0.717, 1.165) is 0 Å². The van der Waals surface area contributed by atoms with Gasteiger partial charge in [0.2, 0.25) is 10.0 Å². The molecular formula is C18H23N3O6S. The zero-order valence-corrected chi connectivity index (χ0v) is 16.2. The second-order valence-electron chi connectivity index (χ2n) is 6.14. The van der Waals surface area contributed by atoms with Gasteiger partial charge in [0.05, 0.1) is 30.3 Å². The monoisotopic (exact) mass is 409 g/mol. The van der Waals surface area contributed by atoms with E-state index in [1.54, 1.807) is 37.3 Å². The van der Waals surface area contributed by atoms with E-state index in [1.165, 1.54) is 12.5 Å². The average Bonchev–Trinajstić information content (AvgIpc) is 3.14. The smallest absolute Gasteiger partial charge is 0.322 e. The normalized spacial score (nSPS) is 13.6. The number of H-pyrrole nitrogens is 1. The van der Waals surface area contributed by atoms with Gasteiger partial charge in [-0.15, -0.1) is 0 Å². The Bertz CT molecular complexity index is 868. The average molecular weight is 409 g/mol. The van der Waals surface area contributed by atoms with Crippen LogP contribution in [0.2, 0.25) is 0 Å². The SMILES string of the molecule is CCOC(=O)CC(Cc1ccccc1)S(=O)(=O)N[C@@H](Cc1c[nH]cn1)C(=O)O. The minimum Gasteiger partial charge on any atom is -0.480 e. The molecule has 3 N–H and O–H groups in total. The third-order valence-corrected chi connectivity index (χ3v) is 5.84. The molecule has 2 atom stereocenters.